The molecule has 4 rings (SSSR count). The quantitative estimate of drug-likeness (QED) is 0.653. The van der Waals surface area contributed by atoms with Crippen molar-refractivity contribution in [2.24, 2.45) is 0 Å². The van der Waals surface area contributed by atoms with Gasteiger partial charge in [0.15, 0.2) is 11.7 Å². The second-order valence-electron chi connectivity index (χ2n) is 6.46. The smallest absolute Gasteiger partial charge is 0.190 e. The van der Waals surface area contributed by atoms with Crippen molar-refractivity contribution in [1.29, 1.82) is 0 Å². The molecule has 0 spiro atoms. The van der Waals surface area contributed by atoms with Crippen LogP contribution in [0.1, 0.15) is 41.0 Å². The zero-order valence-electron chi connectivity index (χ0n) is 16.6. The number of nitrogens with one attached hydrogen (secondary N) is 1. The van der Waals surface area contributed by atoms with E-state index in [9.17, 15) is 9.59 Å². The Kier molecular flexibility index (Phi) is 7.50. The van der Waals surface area contributed by atoms with E-state index in [4.69, 9.17) is 0 Å². The second kappa shape index (κ2) is 9.83. The average Bonchev–Trinajstić information content (AvgIpc) is 2.69. The molecule has 4 nitrogen and oxygen atoms in total. The third kappa shape index (κ3) is 5.14. The van der Waals surface area contributed by atoms with Gasteiger partial charge in [0, 0.05) is 24.5 Å². The van der Waals surface area contributed by atoms with Gasteiger partial charge in [0.25, 0.3) is 0 Å². The Morgan fingerprint density at radius 3 is 2.44 bits per heavy atom. The van der Waals surface area contributed by atoms with Gasteiger partial charge in [0.2, 0.25) is 0 Å². The Hall–Kier alpha value is -2.72. The molecule has 2 aromatic carbocycles. The minimum atomic E-state index is -0.112. The number of benzene rings is 2. The lowest BCUT2D eigenvalue weighted by atomic mass is 10.0. The molecule has 1 aromatic heterocycles. The van der Waals surface area contributed by atoms with Crippen molar-refractivity contribution in [3.8, 4) is 0 Å². The number of likely N-dealkylation sites (N-methyl/N-ethyl adjacent to an activating group) is 1. The van der Waals surface area contributed by atoms with Crippen LogP contribution in [-0.2, 0) is 13.0 Å². The number of carbonyl (C=O) groups excluding carboxylic acids is 1. The molecule has 1 aliphatic heterocycles. The molecule has 142 valence electrons. The van der Waals surface area contributed by atoms with Gasteiger partial charge < -0.3 is 9.88 Å². The van der Waals surface area contributed by atoms with Crippen LogP contribution in [0, 0.1) is 6.92 Å². The molecule has 0 atom stereocenters. The highest BCUT2D eigenvalue weighted by atomic mass is 16.1. The molecule has 0 fully saturated rings. The number of aldehydes is 1. The van der Waals surface area contributed by atoms with Gasteiger partial charge in [-0.25, -0.2) is 0 Å². The number of carbonyl (C=O) groups is 1. The molecular formula is C23H28N2O2. The zero-order valence-corrected chi connectivity index (χ0v) is 16.6. The van der Waals surface area contributed by atoms with Crippen molar-refractivity contribution >= 4 is 17.2 Å². The predicted molar refractivity (Wildman–Crippen MR) is 113 cm³/mol. The summed E-state index contributed by atoms with van der Waals surface area (Å²) in [5.74, 6) is 0. The molecule has 2 heterocycles. The van der Waals surface area contributed by atoms with Crippen molar-refractivity contribution < 1.29 is 4.79 Å². The number of pyridine rings is 1. The second-order valence-corrected chi connectivity index (χ2v) is 6.46. The third-order valence-electron chi connectivity index (χ3n) is 4.53. The van der Waals surface area contributed by atoms with Gasteiger partial charge in [-0.15, -0.1) is 0 Å². The summed E-state index contributed by atoms with van der Waals surface area (Å²) in [7, 11) is 2.18. The number of aromatic amines is 1. The van der Waals surface area contributed by atoms with Gasteiger partial charge in [-0.1, -0.05) is 50.2 Å². The van der Waals surface area contributed by atoms with E-state index in [1.807, 2.05) is 32.9 Å². The molecule has 0 amide bonds. The lowest BCUT2D eigenvalue weighted by Gasteiger charge is -2.24. The highest BCUT2D eigenvalue weighted by Crippen LogP contribution is 2.16. The molecular weight excluding hydrogens is 336 g/mol. The van der Waals surface area contributed by atoms with E-state index in [0.29, 0.717) is 22.9 Å². The molecule has 1 N–H and O–H groups in total. The van der Waals surface area contributed by atoms with Crippen molar-refractivity contribution in [2.75, 3.05) is 13.6 Å². The van der Waals surface area contributed by atoms with E-state index in [0.717, 1.165) is 12.1 Å². The molecule has 0 saturated heterocycles. The third-order valence-corrected chi connectivity index (χ3v) is 4.53. The maximum atomic E-state index is 11.6. The van der Waals surface area contributed by atoms with Crippen LogP contribution in [-0.4, -0.2) is 29.8 Å². The van der Waals surface area contributed by atoms with Gasteiger partial charge in [0.1, 0.15) is 0 Å². The highest BCUT2D eigenvalue weighted by Gasteiger charge is 2.10. The zero-order chi connectivity index (χ0) is 19.8. The Morgan fingerprint density at radius 1 is 1.04 bits per heavy atom. The summed E-state index contributed by atoms with van der Waals surface area (Å²) in [5.41, 5.74) is 4.86. The standard InChI is InChI=1S/C11H9NO2.C10H13N.C2H6/c1-7-3-2-4-9-11(7)10(14)5-8(6-13)12-9;1-11-7-6-9-4-2-3-5-10(9)8-11;1-2/h2-6H,1H3,(H,12,14);2-5H,6-8H2,1H3;1-2H3. The molecule has 0 aliphatic carbocycles. The summed E-state index contributed by atoms with van der Waals surface area (Å²) in [4.78, 5) is 27.4. The van der Waals surface area contributed by atoms with E-state index in [1.54, 1.807) is 6.07 Å². The number of nitrogens with zero attached hydrogens (tertiary/aromatic N) is 1. The largest absolute Gasteiger partial charge is 0.352 e. The topological polar surface area (TPSA) is 53.2 Å². The number of aromatic nitrogens is 1. The fourth-order valence-electron chi connectivity index (χ4n) is 3.20. The normalized spacial score (nSPS) is 12.9. The summed E-state index contributed by atoms with van der Waals surface area (Å²) in [6.45, 7) is 8.20. The first kappa shape index (κ1) is 20.6. The van der Waals surface area contributed by atoms with Gasteiger partial charge in [-0.05, 0) is 43.1 Å². The summed E-state index contributed by atoms with van der Waals surface area (Å²) in [6, 6.07) is 15.6. The molecule has 0 unspecified atom stereocenters. The number of fused-ring (bicyclic) bond motifs is 2. The minimum absolute atomic E-state index is 0.112. The molecule has 4 heteroatoms. The lowest BCUT2D eigenvalue weighted by molar-refractivity contribution is 0.111. The Labute approximate surface area is 160 Å². The van der Waals surface area contributed by atoms with E-state index >= 15 is 0 Å². The fraction of sp³-hybridized carbons (Fsp3) is 0.304. The average molecular weight is 364 g/mol. The van der Waals surface area contributed by atoms with Crippen LogP contribution in [0.25, 0.3) is 10.9 Å². The van der Waals surface area contributed by atoms with Crippen molar-refractivity contribution in [3.63, 3.8) is 0 Å². The SMILES string of the molecule is CC.CN1CCc2ccccc2C1.Cc1cccc2[nH]c(C=O)cc(=O)c12. The summed E-state index contributed by atoms with van der Waals surface area (Å²) < 4.78 is 0. The first-order chi connectivity index (χ1) is 13.1. The molecule has 0 bridgehead atoms. The fourth-order valence-corrected chi connectivity index (χ4v) is 3.20. The van der Waals surface area contributed by atoms with Gasteiger partial charge in [-0.3, -0.25) is 9.59 Å². The number of hydrogen-bond donors (Lipinski definition) is 1. The first-order valence-corrected chi connectivity index (χ1v) is 9.41. The number of aryl methyl sites for hydroxylation is 1. The maximum absolute atomic E-state index is 11.6. The van der Waals surface area contributed by atoms with Gasteiger partial charge in [-0.2, -0.15) is 0 Å². The maximum Gasteiger partial charge on any atom is 0.190 e. The van der Waals surface area contributed by atoms with Gasteiger partial charge >= 0.3 is 0 Å². The van der Waals surface area contributed by atoms with Gasteiger partial charge in [0.05, 0.1) is 11.2 Å². The van der Waals surface area contributed by atoms with Crippen LogP contribution in [0.2, 0.25) is 0 Å². The predicted octanol–water partition coefficient (Wildman–Crippen LogP) is 4.35. The van der Waals surface area contributed by atoms with E-state index in [2.05, 4.69) is 41.2 Å². The number of rotatable bonds is 1. The first-order valence-electron chi connectivity index (χ1n) is 9.41. The summed E-state index contributed by atoms with van der Waals surface area (Å²) in [6.07, 6.45) is 1.86. The molecule has 27 heavy (non-hydrogen) atoms. The van der Waals surface area contributed by atoms with Crippen molar-refractivity contribution in [3.05, 3.63) is 81.1 Å². The Bertz CT molecular complexity index is 960. The summed E-state index contributed by atoms with van der Waals surface area (Å²) in [5, 5.41) is 0.651. The number of hydrogen-bond acceptors (Lipinski definition) is 3. The van der Waals surface area contributed by atoms with Crippen molar-refractivity contribution in [2.45, 2.75) is 33.7 Å². The van der Waals surface area contributed by atoms with E-state index < -0.39 is 0 Å². The van der Waals surface area contributed by atoms with Crippen LogP contribution in [0.3, 0.4) is 0 Å². The number of H-pyrrole nitrogens is 1. The molecule has 0 radical (unpaired) electrons. The van der Waals surface area contributed by atoms with Crippen LogP contribution in [0.15, 0.2) is 53.3 Å². The molecule has 0 saturated carbocycles. The van der Waals surface area contributed by atoms with Crippen LogP contribution in [0.4, 0.5) is 0 Å². The Balaban J connectivity index is 0.000000181. The van der Waals surface area contributed by atoms with Crippen LogP contribution >= 0.6 is 0 Å². The lowest BCUT2D eigenvalue weighted by Crippen LogP contribution is -2.26. The Morgan fingerprint density at radius 2 is 1.74 bits per heavy atom. The van der Waals surface area contributed by atoms with E-state index in [1.165, 1.54) is 30.2 Å². The molecule has 3 aromatic rings. The highest BCUT2D eigenvalue weighted by molar-refractivity contribution is 5.85. The van der Waals surface area contributed by atoms with E-state index in [-0.39, 0.29) is 5.43 Å². The van der Waals surface area contributed by atoms with Crippen molar-refractivity contribution in [1.82, 2.24) is 9.88 Å². The minimum Gasteiger partial charge on any atom is -0.352 e. The summed E-state index contributed by atoms with van der Waals surface area (Å²) >= 11 is 0. The van der Waals surface area contributed by atoms with Crippen LogP contribution < -0.4 is 5.43 Å². The van der Waals surface area contributed by atoms with Crippen LogP contribution in [0.5, 0.6) is 0 Å². The monoisotopic (exact) mass is 364 g/mol. The molecule has 1 aliphatic rings.